The minimum atomic E-state index is -0.0586. The Bertz CT molecular complexity index is 1200. The Labute approximate surface area is 217 Å². The van der Waals surface area contributed by atoms with Crippen LogP contribution in [0.15, 0.2) is 42.6 Å². The smallest absolute Gasteiger partial charge is 0.223 e. The lowest BCUT2D eigenvalue weighted by Crippen LogP contribution is -2.41. The summed E-state index contributed by atoms with van der Waals surface area (Å²) in [5.74, 6) is 3.17. The number of aromatic nitrogens is 4. The van der Waals surface area contributed by atoms with Gasteiger partial charge < -0.3 is 10.1 Å². The first-order valence-electron chi connectivity index (χ1n) is 13.0. The predicted molar refractivity (Wildman–Crippen MR) is 140 cm³/mol. The molecular weight excluding hydrogens is 474 g/mol. The second-order valence-corrected chi connectivity index (χ2v) is 10.9. The van der Waals surface area contributed by atoms with Crippen molar-refractivity contribution in [3.05, 3.63) is 64.8 Å². The first-order valence-corrected chi connectivity index (χ1v) is 13.4. The molecule has 2 aliphatic rings. The van der Waals surface area contributed by atoms with E-state index in [1.54, 1.807) is 6.20 Å². The lowest BCUT2D eigenvalue weighted by molar-refractivity contribution is -0.126. The average molecular weight is 508 g/mol. The molecule has 3 aromatic rings. The molecule has 0 bridgehead atoms. The van der Waals surface area contributed by atoms with Crippen LogP contribution < -0.4 is 10.1 Å². The standard InChI is InChI=1S/C28H34ClN5O2/c1-17(2)18(3)28(35)31-22-15-20-14-21(29)9-12-24(20)34-25(16-22)32-33-27(34)19-7-10-23(11-8-19)36-26-6-4-5-13-30-26/h4-6,9,12-14,17-19,22-23H,7-8,10-11,15-16H2,1-3H3,(H,31,35)/t18-,19?,22-,23?/m1/s1. The van der Waals surface area contributed by atoms with Gasteiger partial charge in [-0.3, -0.25) is 9.36 Å². The second-order valence-electron chi connectivity index (χ2n) is 10.5. The maximum atomic E-state index is 12.9. The molecule has 0 spiro atoms. The van der Waals surface area contributed by atoms with Crippen LogP contribution in [0.25, 0.3) is 5.69 Å². The first kappa shape index (κ1) is 24.8. The molecule has 1 N–H and O–H groups in total. The minimum Gasteiger partial charge on any atom is -0.474 e. The maximum absolute atomic E-state index is 12.9. The summed E-state index contributed by atoms with van der Waals surface area (Å²) in [5.41, 5.74) is 2.17. The van der Waals surface area contributed by atoms with Crippen molar-refractivity contribution in [2.75, 3.05) is 0 Å². The zero-order valence-corrected chi connectivity index (χ0v) is 21.9. The van der Waals surface area contributed by atoms with Crippen LogP contribution in [0.1, 0.15) is 69.6 Å². The van der Waals surface area contributed by atoms with Gasteiger partial charge >= 0.3 is 0 Å². The highest BCUT2D eigenvalue weighted by molar-refractivity contribution is 6.30. The predicted octanol–water partition coefficient (Wildman–Crippen LogP) is 5.30. The molecule has 5 rings (SSSR count). The molecule has 2 atom stereocenters. The Hall–Kier alpha value is -2.93. The van der Waals surface area contributed by atoms with Gasteiger partial charge in [-0.15, -0.1) is 10.2 Å². The van der Waals surface area contributed by atoms with Crippen molar-refractivity contribution < 1.29 is 9.53 Å². The van der Waals surface area contributed by atoms with Crippen LogP contribution in [0.4, 0.5) is 0 Å². The van der Waals surface area contributed by atoms with E-state index in [4.69, 9.17) is 16.3 Å². The molecule has 0 radical (unpaired) electrons. The minimum absolute atomic E-state index is 0.0518. The number of carbonyl (C=O) groups is 1. The van der Waals surface area contributed by atoms with Crippen LogP contribution >= 0.6 is 11.6 Å². The number of rotatable bonds is 6. The van der Waals surface area contributed by atoms with E-state index in [2.05, 4.69) is 45.0 Å². The highest BCUT2D eigenvalue weighted by Crippen LogP contribution is 2.37. The van der Waals surface area contributed by atoms with Gasteiger partial charge in [-0.1, -0.05) is 38.4 Å². The van der Waals surface area contributed by atoms with Gasteiger partial charge in [0.2, 0.25) is 11.8 Å². The van der Waals surface area contributed by atoms with E-state index in [1.807, 2.05) is 37.3 Å². The SMILES string of the molecule is CC(C)[C@@H](C)C(=O)N[C@@H]1Cc2cc(Cl)ccc2-n2c(nnc2C2CCC(Oc3ccccn3)CC2)C1. The number of pyridine rings is 1. The Morgan fingerprint density at radius 1 is 1.08 bits per heavy atom. The van der Waals surface area contributed by atoms with Crippen LogP contribution in [-0.4, -0.2) is 37.8 Å². The van der Waals surface area contributed by atoms with Crippen LogP contribution in [0.3, 0.4) is 0 Å². The third-order valence-electron chi connectivity index (χ3n) is 7.66. The van der Waals surface area contributed by atoms with Gasteiger partial charge in [-0.25, -0.2) is 4.98 Å². The molecule has 3 heterocycles. The summed E-state index contributed by atoms with van der Waals surface area (Å²) < 4.78 is 8.32. The summed E-state index contributed by atoms with van der Waals surface area (Å²) in [7, 11) is 0. The van der Waals surface area contributed by atoms with Gasteiger partial charge in [0.25, 0.3) is 0 Å². The largest absolute Gasteiger partial charge is 0.474 e. The molecule has 0 saturated heterocycles. The van der Waals surface area contributed by atoms with Crippen molar-refractivity contribution in [3.63, 3.8) is 0 Å². The number of ether oxygens (including phenoxy) is 1. The normalized spacial score (nSPS) is 22.3. The summed E-state index contributed by atoms with van der Waals surface area (Å²) in [5, 5.41) is 13.3. The molecule has 7 nitrogen and oxygen atoms in total. The number of halogens is 1. The lowest BCUT2D eigenvalue weighted by Gasteiger charge is -2.28. The van der Waals surface area contributed by atoms with Gasteiger partial charge in [0.05, 0.1) is 5.69 Å². The van der Waals surface area contributed by atoms with Gasteiger partial charge in [-0.05, 0) is 67.9 Å². The molecule has 8 heteroatoms. The molecule has 1 saturated carbocycles. The highest BCUT2D eigenvalue weighted by atomic mass is 35.5. The van der Waals surface area contributed by atoms with E-state index >= 15 is 0 Å². The van der Waals surface area contributed by atoms with Crippen molar-refractivity contribution in [2.45, 2.75) is 77.4 Å². The number of nitrogens with one attached hydrogen (secondary N) is 1. The highest BCUT2D eigenvalue weighted by Gasteiger charge is 2.32. The second kappa shape index (κ2) is 10.6. The summed E-state index contributed by atoms with van der Waals surface area (Å²) in [6.45, 7) is 6.13. The molecule has 1 aliphatic carbocycles. The fourth-order valence-corrected chi connectivity index (χ4v) is 5.44. The number of amides is 1. The molecule has 36 heavy (non-hydrogen) atoms. The van der Waals surface area contributed by atoms with Gasteiger partial charge in [0.1, 0.15) is 17.8 Å². The molecule has 1 aromatic carbocycles. The molecule has 0 unspecified atom stereocenters. The van der Waals surface area contributed by atoms with E-state index in [1.165, 1.54) is 0 Å². The van der Waals surface area contributed by atoms with E-state index in [0.29, 0.717) is 29.7 Å². The van der Waals surface area contributed by atoms with Crippen molar-refractivity contribution in [1.82, 2.24) is 25.1 Å². The first-order chi connectivity index (χ1) is 17.4. The van der Waals surface area contributed by atoms with Crippen molar-refractivity contribution >= 4 is 17.5 Å². The summed E-state index contributed by atoms with van der Waals surface area (Å²) in [6, 6.07) is 11.7. The Morgan fingerprint density at radius 3 is 2.61 bits per heavy atom. The molecule has 2 aromatic heterocycles. The van der Waals surface area contributed by atoms with Crippen LogP contribution in [0.2, 0.25) is 5.02 Å². The zero-order chi connectivity index (χ0) is 25.2. The van der Waals surface area contributed by atoms with Gasteiger partial charge in [0, 0.05) is 41.6 Å². The van der Waals surface area contributed by atoms with Crippen molar-refractivity contribution in [3.8, 4) is 11.6 Å². The summed E-state index contributed by atoms with van der Waals surface area (Å²) in [6.07, 6.45) is 7.11. The number of hydrogen-bond acceptors (Lipinski definition) is 5. The van der Waals surface area contributed by atoms with E-state index in [0.717, 1.165) is 48.6 Å². The summed E-state index contributed by atoms with van der Waals surface area (Å²) in [4.78, 5) is 17.2. The van der Waals surface area contributed by atoms with Gasteiger partial charge in [0.15, 0.2) is 0 Å². The van der Waals surface area contributed by atoms with Crippen molar-refractivity contribution in [2.24, 2.45) is 11.8 Å². The molecule has 1 amide bonds. The fourth-order valence-electron chi connectivity index (χ4n) is 5.25. The lowest BCUT2D eigenvalue weighted by atomic mass is 9.86. The maximum Gasteiger partial charge on any atom is 0.223 e. The summed E-state index contributed by atoms with van der Waals surface area (Å²) >= 11 is 6.40. The quantitative estimate of drug-likeness (QED) is 0.489. The monoisotopic (exact) mass is 507 g/mol. The Morgan fingerprint density at radius 2 is 1.89 bits per heavy atom. The third-order valence-corrected chi connectivity index (χ3v) is 7.89. The fraction of sp³-hybridized carbons (Fsp3) is 0.500. The average Bonchev–Trinajstić information content (AvgIpc) is 3.21. The molecular formula is C28H34ClN5O2. The molecule has 1 aliphatic heterocycles. The topological polar surface area (TPSA) is 81.9 Å². The van der Waals surface area contributed by atoms with Crippen LogP contribution in [0, 0.1) is 11.8 Å². The van der Waals surface area contributed by atoms with Crippen LogP contribution in [0.5, 0.6) is 5.88 Å². The van der Waals surface area contributed by atoms with Crippen molar-refractivity contribution in [1.29, 1.82) is 0 Å². The number of fused-ring (bicyclic) bond motifs is 3. The Kier molecular flexibility index (Phi) is 7.28. The van der Waals surface area contributed by atoms with Gasteiger partial charge in [-0.2, -0.15) is 0 Å². The molecule has 190 valence electrons. The number of carbonyl (C=O) groups excluding carboxylic acids is 1. The number of nitrogens with zero attached hydrogens (tertiary/aromatic N) is 4. The Balaban J connectivity index is 1.37. The van der Waals surface area contributed by atoms with E-state index < -0.39 is 0 Å². The third kappa shape index (κ3) is 5.26. The molecule has 1 fully saturated rings. The zero-order valence-electron chi connectivity index (χ0n) is 21.2. The van der Waals surface area contributed by atoms with E-state index in [-0.39, 0.29) is 29.9 Å². The van der Waals surface area contributed by atoms with Crippen LogP contribution in [-0.2, 0) is 17.6 Å². The number of benzene rings is 1. The van der Waals surface area contributed by atoms with E-state index in [9.17, 15) is 4.79 Å². The number of hydrogen-bond donors (Lipinski definition) is 1.